The smallest absolute Gasteiger partial charge is 0.145 e. The van der Waals surface area contributed by atoms with Gasteiger partial charge in [0.05, 0.1) is 19.9 Å². The number of ether oxygens (including phenoxy) is 2. The summed E-state index contributed by atoms with van der Waals surface area (Å²) >= 11 is 0. The first kappa shape index (κ1) is 11.7. The van der Waals surface area contributed by atoms with Crippen LogP contribution in [0, 0.1) is 0 Å². The van der Waals surface area contributed by atoms with Crippen molar-refractivity contribution in [2.75, 3.05) is 39.7 Å². The molecule has 4 nitrogen and oxygen atoms in total. The quantitative estimate of drug-likeness (QED) is 0.695. The molecule has 0 unspecified atom stereocenters. The summed E-state index contributed by atoms with van der Waals surface area (Å²) in [5.74, 6) is 1.59. The fourth-order valence-electron chi connectivity index (χ4n) is 1.27. The van der Waals surface area contributed by atoms with E-state index in [0.717, 1.165) is 30.3 Å². The molecule has 1 rings (SSSR count). The lowest BCUT2D eigenvalue weighted by Crippen LogP contribution is -2.17. The van der Waals surface area contributed by atoms with Crippen LogP contribution in [0.15, 0.2) is 18.2 Å². The van der Waals surface area contributed by atoms with Gasteiger partial charge in [0.25, 0.3) is 0 Å². The molecule has 0 saturated carbocycles. The highest BCUT2D eigenvalue weighted by Gasteiger charge is 2.03. The van der Waals surface area contributed by atoms with Crippen LogP contribution in [-0.2, 0) is 0 Å². The second-order valence-corrected chi connectivity index (χ2v) is 3.10. The highest BCUT2D eigenvalue weighted by atomic mass is 16.5. The first-order valence-corrected chi connectivity index (χ1v) is 4.92. The molecule has 0 atom stereocenters. The minimum absolute atomic E-state index is 0.797. The van der Waals surface area contributed by atoms with E-state index in [4.69, 9.17) is 9.47 Å². The van der Waals surface area contributed by atoms with Crippen molar-refractivity contribution in [3.63, 3.8) is 0 Å². The van der Waals surface area contributed by atoms with Crippen molar-refractivity contribution in [3.8, 4) is 11.5 Å². The fourth-order valence-corrected chi connectivity index (χ4v) is 1.27. The predicted octanol–water partition coefficient (Wildman–Crippen LogP) is 1.34. The summed E-state index contributed by atoms with van der Waals surface area (Å²) in [4.78, 5) is 0. The molecule has 0 aliphatic heterocycles. The Morgan fingerprint density at radius 1 is 1.13 bits per heavy atom. The number of rotatable bonds is 6. The molecule has 15 heavy (non-hydrogen) atoms. The van der Waals surface area contributed by atoms with Gasteiger partial charge in [-0.05, 0) is 19.2 Å². The topological polar surface area (TPSA) is 42.5 Å². The lowest BCUT2D eigenvalue weighted by Gasteiger charge is -2.12. The van der Waals surface area contributed by atoms with Gasteiger partial charge in [-0.15, -0.1) is 0 Å². The molecule has 0 fully saturated rings. The van der Waals surface area contributed by atoms with Gasteiger partial charge in [0.2, 0.25) is 0 Å². The van der Waals surface area contributed by atoms with Gasteiger partial charge in [-0.3, -0.25) is 0 Å². The van der Waals surface area contributed by atoms with E-state index in [1.165, 1.54) is 0 Å². The normalized spacial score (nSPS) is 9.80. The lowest BCUT2D eigenvalue weighted by molar-refractivity contribution is 0.395. The minimum Gasteiger partial charge on any atom is -0.497 e. The standard InChI is InChI=1S/C11H18N2O2/c1-12-6-7-13-10-5-4-9(14-2)8-11(10)15-3/h4-5,8,12-13H,6-7H2,1-3H3. The van der Waals surface area contributed by atoms with Crippen molar-refractivity contribution in [1.82, 2.24) is 5.32 Å². The first-order valence-electron chi connectivity index (χ1n) is 4.92. The van der Waals surface area contributed by atoms with E-state index in [9.17, 15) is 0 Å². The molecule has 0 spiro atoms. The summed E-state index contributed by atoms with van der Waals surface area (Å²) in [5.41, 5.74) is 0.980. The molecule has 0 aliphatic rings. The SMILES string of the molecule is CNCCNc1ccc(OC)cc1OC. The Kier molecular flexibility index (Phi) is 4.77. The zero-order chi connectivity index (χ0) is 11.1. The second-order valence-electron chi connectivity index (χ2n) is 3.10. The summed E-state index contributed by atoms with van der Waals surface area (Å²) in [6.07, 6.45) is 0. The zero-order valence-corrected chi connectivity index (χ0v) is 9.46. The summed E-state index contributed by atoms with van der Waals surface area (Å²) in [7, 11) is 5.22. The third-order valence-electron chi connectivity index (χ3n) is 2.10. The average Bonchev–Trinajstić information content (AvgIpc) is 2.29. The van der Waals surface area contributed by atoms with Crippen molar-refractivity contribution < 1.29 is 9.47 Å². The average molecular weight is 210 g/mol. The van der Waals surface area contributed by atoms with Gasteiger partial charge < -0.3 is 20.1 Å². The molecule has 0 bridgehead atoms. The monoisotopic (exact) mass is 210 g/mol. The lowest BCUT2D eigenvalue weighted by atomic mass is 10.2. The summed E-state index contributed by atoms with van der Waals surface area (Å²) in [6.45, 7) is 1.77. The highest BCUT2D eigenvalue weighted by molar-refractivity contribution is 5.59. The number of nitrogens with one attached hydrogen (secondary N) is 2. The van der Waals surface area contributed by atoms with Crippen molar-refractivity contribution in [1.29, 1.82) is 0 Å². The molecule has 0 amide bonds. The molecular formula is C11H18N2O2. The van der Waals surface area contributed by atoms with Gasteiger partial charge in [-0.2, -0.15) is 0 Å². The van der Waals surface area contributed by atoms with Gasteiger partial charge in [-0.25, -0.2) is 0 Å². The molecule has 0 aromatic heterocycles. The summed E-state index contributed by atoms with van der Waals surface area (Å²) in [5, 5.41) is 6.34. The van der Waals surface area contributed by atoms with Crippen molar-refractivity contribution >= 4 is 5.69 Å². The molecule has 4 heteroatoms. The largest absolute Gasteiger partial charge is 0.497 e. The van der Waals surface area contributed by atoms with Gasteiger partial charge in [0.15, 0.2) is 0 Å². The van der Waals surface area contributed by atoms with Crippen molar-refractivity contribution in [3.05, 3.63) is 18.2 Å². The highest BCUT2D eigenvalue weighted by Crippen LogP contribution is 2.28. The number of benzene rings is 1. The van der Waals surface area contributed by atoms with Crippen LogP contribution in [0.25, 0.3) is 0 Å². The maximum absolute atomic E-state index is 5.26. The maximum atomic E-state index is 5.26. The maximum Gasteiger partial charge on any atom is 0.145 e. The number of hydrogen-bond donors (Lipinski definition) is 2. The fraction of sp³-hybridized carbons (Fsp3) is 0.455. The minimum atomic E-state index is 0.797. The number of anilines is 1. The molecule has 0 aliphatic carbocycles. The molecule has 2 N–H and O–H groups in total. The summed E-state index contributed by atoms with van der Waals surface area (Å²) < 4.78 is 10.4. The molecule has 0 saturated heterocycles. The van der Waals surface area contributed by atoms with Crippen LogP contribution < -0.4 is 20.1 Å². The van der Waals surface area contributed by atoms with E-state index < -0.39 is 0 Å². The Labute approximate surface area is 90.6 Å². The first-order chi connectivity index (χ1) is 7.31. The van der Waals surface area contributed by atoms with E-state index in [0.29, 0.717) is 0 Å². The Balaban J connectivity index is 2.69. The predicted molar refractivity (Wildman–Crippen MR) is 62.0 cm³/mol. The van der Waals surface area contributed by atoms with Gasteiger partial charge in [0.1, 0.15) is 11.5 Å². The third-order valence-corrected chi connectivity index (χ3v) is 2.10. The molecule has 1 aromatic rings. The van der Waals surface area contributed by atoms with E-state index in [2.05, 4.69) is 10.6 Å². The summed E-state index contributed by atoms with van der Waals surface area (Å²) in [6, 6.07) is 5.72. The molecule has 0 radical (unpaired) electrons. The third kappa shape index (κ3) is 3.32. The van der Waals surface area contributed by atoms with Gasteiger partial charge in [0, 0.05) is 19.2 Å². The number of likely N-dealkylation sites (N-methyl/N-ethyl adjacent to an activating group) is 1. The Hall–Kier alpha value is -1.42. The second kappa shape index (κ2) is 6.14. The van der Waals surface area contributed by atoms with Crippen LogP contribution >= 0.6 is 0 Å². The van der Waals surface area contributed by atoms with E-state index in [-0.39, 0.29) is 0 Å². The van der Waals surface area contributed by atoms with Crippen LogP contribution in [0.3, 0.4) is 0 Å². The van der Waals surface area contributed by atoms with Crippen LogP contribution in [0.1, 0.15) is 0 Å². The van der Waals surface area contributed by atoms with E-state index in [1.807, 2.05) is 25.2 Å². The Morgan fingerprint density at radius 3 is 2.53 bits per heavy atom. The number of hydrogen-bond acceptors (Lipinski definition) is 4. The zero-order valence-electron chi connectivity index (χ0n) is 9.46. The van der Waals surface area contributed by atoms with Crippen LogP contribution in [0.5, 0.6) is 11.5 Å². The number of methoxy groups -OCH3 is 2. The van der Waals surface area contributed by atoms with Crippen LogP contribution in [0.4, 0.5) is 5.69 Å². The molecule has 1 aromatic carbocycles. The Morgan fingerprint density at radius 2 is 1.93 bits per heavy atom. The van der Waals surface area contributed by atoms with Gasteiger partial charge in [-0.1, -0.05) is 0 Å². The molecule has 0 heterocycles. The van der Waals surface area contributed by atoms with Crippen LogP contribution in [0.2, 0.25) is 0 Å². The van der Waals surface area contributed by atoms with Crippen LogP contribution in [-0.4, -0.2) is 34.4 Å². The van der Waals surface area contributed by atoms with Crippen molar-refractivity contribution in [2.45, 2.75) is 0 Å². The van der Waals surface area contributed by atoms with Crippen molar-refractivity contribution in [2.24, 2.45) is 0 Å². The molecule has 84 valence electrons. The molecular weight excluding hydrogens is 192 g/mol. The van der Waals surface area contributed by atoms with Gasteiger partial charge >= 0.3 is 0 Å². The Bertz CT molecular complexity index is 303. The van der Waals surface area contributed by atoms with E-state index >= 15 is 0 Å². The van der Waals surface area contributed by atoms with E-state index in [1.54, 1.807) is 14.2 Å².